The van der Waals surface area contributed by atoms with E-state index >= 15 is 0 Å². The van der Waals surface area contributed by atoms with Crippen molar-refractivity contribution in [1.82, 2.24) is 10.2 Å². The minimum Gasteiger partial charge on any atom is -0.260 e. The molecule has 0 atom stereocenters. The van der Waals surface area contributed by atoms with Crippen molar-refractivity contribution in [2.24, 2.45) is 22.0 Å². The Labute approximate surface area is 166 Å². The third-order valence-electron chi connectivity index (χ3n) is 5.90. The molecule has 2 aliphatic carbocycles. The molecule has 0 aliphatic heterocycles. The summed E-state index contributed by atoms with van der Waals surface area (Å²) < 4.78 is 0. The summed E-state index contributed by atoms with van der Waals surface area (Å²) in [6.45, 7) is 0. The highest BCUT2D eigenvalue weighted by Gasteiger charge is 2.13. The smallest absolute Gasteiger partial charge is 0.176 e. The van der Waals surface area contributed by atoms with Gasteiger partial charge in [0.05, 0.1) is 0 Å². The van der Waals surface area contributed by atoms with Crippen molar-refractivity contribution in [2.75, 3.05) is 10.9 Å². The van der Waals surface area contributed by atoms with Crippen LogP contribution in [0.15, 0.2) is 34.5 Å². The Morgan fingerprint density at radius 3 is 1.54 bits per heavy atom. The van der Waals surface area contributed by atoms with Crippen LogP contribution in [0.2, 0.25) is 0 Å². The first-order valence-corrected chi connectivity index (χ1v) is 10.7. The van der Waals surface area contributed by atoms with Crippen molar-refractivity contribution in [1.29, 1.82) is 0 Å². The van der Waals surface area contributed by atoms with Crippen LogP contribution in [0.5, 0.6) is 0 Å². The first-order chi connectivity index (χ1) is 13.9. The molecule has 6 heteroatoms. The number of nitrogens with zero attached hydrogens (tertiary/aromatic N) is 4. The molecule has 1 heterocycles. The molecule has 28 heavy (non-hydrogen) atoms. The third kappa shape index (κ3) is 4.86. The highest BCUT2D eigenvalue weighted by molar-refractivity contribution is 5.98. The molecule has 2 aliphatic rings. The molecule has 0 unspecified atom stereocenters. The normalized spacial score (nSPS) is 19.6. The van der Waals surface area contributed by atoms with Crippen LogP contribution in [0.4, 0.5) is 11.6 Å². The monoisotopic (exact) mass is 378 g/mol. The van der Waals surface area contributed by atoms with Gasteiger partial charge in [0.25, 0.3) is 0 Å². The van der Waals surface area contributed by atoms with Gasteiger partial charge in [0.1, 0.15) is 0 Å². The quantitative estimate of drug-likeness (QED) is 0.508. The minimum absolute atomic E-state index is 0.579. The maximum absolute atomic E-state index is 4.44. The van der Waals surface area contributed by atoms with Crippen LogP contribution >= 0.6 is 0 Å². The number of benzene rings is 1. The summed E-state index contributed by atoms with van der Waals surface area (Å²) in [7, 11) is 0. The molecule has 2 N–H and O–H groups in total. The molecule has 0 bridgehead atoms. The average molecular weight is 379 g/mol. The summed E-state index contributed by atoms with van der Waals surface area (Å²) >= 11 is 0. The number of nitrogens with one attached hydrogen (secondary N) is 2. The van der Waals surface area contributed by atoms with Crippen molar-refractivity contribution < 1.29 is 0 Å². The highest BCUT2D eigenvalue weighted by Crippen LogP contribution is 2.27. The summed E-state index contributed by atoms with van der Waals surface area (Å²) in [6, 6.07) is 8.10. The second kappa shape index (κ2) is 9.62. The summed E-state index contributed by atoms with van der Waals surface area (Å²) in [5.41, 5.74) is 6.20. The van der Waals surface area contributed by atoms with E-state index in [1.54, 1.807) is 0 Å². The van der Waals surface area contributed by atoms with Crippen molar-refractivity contribution >= 4 is 34.8 Å². The number of aromatic nitrogens is 2. The maximum atomic E-state index is 4.44. The molecule has 6 nitrogen and oxygen atoms in total. The standard InChI is InChI=1S/C22H30N6/c1-3-9-17(10-4-1)15-23-25-21-19-13-7-8-14-20(19)22(28-27-21)26-24-16-18-11-5-2-6-12-18/h7-8,13-18H,1-6,9-12H2,(H,25,27)(H,26,28). The van der Waals surface area contributed by atoms with Gasteiger partial charge < -0.3 is 0 Å². The lowest BCUT2D eigenvalue weighted by Gasteiger charge is -2.17. The van der Waals surface area contributed by atoms with E-state index in [4.69, 9.17) is 0 Å². The summed E-state index contributed by atoms with van der Waals surface area (Å²) in [4.78, 5) is 0. The first kappa shape index (κ1) is 18.8. The van der Waals surface area contributed by atoms with Crippen LogP contribution < -0.4 is 10.9 Å². The molecule has 148 valence electrons. The average Bonchev–Trinajstić information content (AvgIpc) is 2.76. The van der Waals surface area contributed by atoms with Gasteiger partial charge in [-0.05, 0) is 37.5 Å². The van der Waals surface area contributed by atoms with Crippen LogP contribution in [0.1, 0.15) is 64.2 Å². The first-order valence-electron chi connectivity index (χ1n) is 10.7. The van der Waals surface area contributed by atoms with Crippen LogP contribution in [0.25, 0.3) is 10.8 Å². The second-order valence-electron chi connectivity index (χ2n) is 8.02. The number of hydrazone groups is 2. The predicted octanol–water partition coefficient (Wildman–Crippen LogP) is 5.59. The fraction of sp³-hybridized carbons (Fsp3) is 0.545. The van der Waals surface area contributed by atoms with Crippen molar-refractivity contribution in [3.8, 4) is 0 Å². The highest BCUT2D eigenvalue weighted by atomic mass is 15.4. The number of anilines is 2. The fourth-order valence-electron chi connectivity index (χ4n) is 4.24. The predicted molar refractivity (Wildman–Crippen MR) is 117 cm³/mol. The van der Waals surface area contributed by atoms with Gasteiger partial charge in [0.15, 0.2) is 11.6 Å². The Kier molecular flexibility index (Phi) is 6.48. The van der Waals surface area contributed by atoms with Crippen LogP contribution in [0, 0.1) is 11.8 Å². The van der Waals surface area contributed by atoms with Crippen molar-refractivity contribution in [3.63, 3.8) is 0 Å². The molecule has 0 saturated heterocycles. The molecule has 4 rings (SSSR count). The lowest BCUT2D eigenvalue weighted by molar-refractivity contribution is 0.445. The number of hydrogen-bond acceptors (Lipinski definition) is 6. The Morgan fingerprint density at radius 2 is 1.11 bits per heavy atom. The minimum atomic E-state index is 0.579. The Bertz CT molecular complexity index is 750. The van der Waals surface area contributed by atoms with E-state index in [-0.39, 0.29) is 0 Å². The molecular formula is C22H30N6. The van der Waals surface area contributed by atoms with E-state index in [1.165, 1.54) is 64.2 Å². The number of fused-ring (bicyclic) bond motifs is 1. The van der Waals surface area contributed by atoms with Crippen molar-refractivity contribution in [2.45, 2.75) is 64.2 Å². The van der Waals surface area contributed by atoms with Gasteiger partial charge in [0, 0.05) is 23.2 Å². The van der Waals surface area contributed by atoms with Gasteiger partial charge in [0.2, 0.25) is 0 Å². The topological polar surface area (TPSA) is 74.6 Å². The Hall–Kier alpha value is -2.50. The van der Waals surface area contributed by atoms with Gasteiger partial charge in [-0.15, -0.1) is 10.2 Å². The lowest BCUT2D eigenvalue weighted by atomic mass is 9.90. The maximum Gasteiger partial charge on any atom is 0.176 e. The van der Waals surface area contributed by atoms with Crippen LogP contribution in [0.3, 0.4) is 0 Å². The van der Waals surface area contributed by atoms with Crippen molar-refractivity contribution in [3.05, 3.63) is 24.3 Å². The van der Waals surface area contributed by atoms with E-state index in [1.807, 2.05) is 36.7 Å². The Balaban J connectivity index is 1.45. The fourth-order valence-corrected chi connectivity index (χ4v) is 4.24. The second-order valence-corrected chi connectivity index (χ2v) is 8.02. The van der Waals surface area contributed by atoms with E-state index in [0.717, 1.165) is 10.8 Å². The largest absolute Gasteiger partial charge is 0.260 e. The summed E-state index contributed by atoms with van der Waals surface area (Å²) in [5, 5.41) is 19.6. The molecule has 0 spiro atoms. The van der Waals surface area contributed by atoms with E-state index < -0.39 is 0 Å². The SMILES string of the molecule is C(=NNc1nnc(NN=CC2CCCCC2)c2ccccc12)C1CCCCC1. The third-order valence-corrected chi connectivity index (χ3v) is 5.90. The molecule has 0 radical (unpaired) electrons. The zero-order chi connectivity index (χ0) is 19.0. The summed E-state index contributed by atoms with van der Waals surface area (Å²) in [5.74, 6) is 2.53. The van der Waals surface area contributed by atoms with Gasteiger partial charge in [-0.1, -0.05) is 62.8 Å². The zero-order valence-corrected chi connectivity index (χ0v) is 16.5. The number of rotatable bonds is 6. The number of hydrogen-bond donors (Lipinski definition) is 2. The molecule has 1 aromatic carbocycles. The van der Waals surface area contributed by atoms with Crippen LogP contribution in [-0.4, -0.2) is 22.6 Å². The van der Waals surface area contributed by atoms with E-state index in [9.17, 15) is 0 Å². The zero-order valence-electron chi connectivity index (χ0n) is 16.5. The molecule has 0 amide bonds. The van der Waals surface area contributed by atoms with Gasteiger partial charge in [-0.25, -0.2) is 0 Å². The molecule has 1 aromatic heterocycles. The van der Waals surface area contributed by atoms with Gasteiger partial charge in [-0.2, -0.15) is 10.2 Å². The molecule has 2 fully saturated rings. The van der Waals surface area contributed by atoms with E-state index in [2.05, 4.69) is 31.3 Å². The molecule has 2 aromatic rings. The molecule has 2 saturated carbocycles. The van der Waals surface area contributed by atoms with Gasteiger partial charge in [-0.3, -0.25) is 10.9 Å². The van der Waals surface area contributed by atoms with Gasteiger partial charge >= 0.3 is 0 Å². The Morgan fingerprint density at radius 1 is 0.679 bits per heavy atom. The van der Waals surface area contributed by atoms with Crippen LogP contribution in [-0.2, 0) is 0 Å². The molecular weight excluding hydrogens is 348 g/mol. The summed E-state index contributed by atoms with van der Waals surface area (Å²) in [6.07, 6.45) is 17.0. The lowest BCUT2D eigenvalue weighted by Crippen LogP contribution is -2.09. The van der Waals surface area contributed by atoms with E-state index in [0.29, 0.717) is 23.5 Å².